The Labute approximate surface area is 196 Å². The van der Waals surface area contributed by atoms with Gasteiger partial charge in [-0.3, -0.25) is 0 Å². The molecule has 0 bridgehead atoms. The number of thiazole rings is 1. The molecule has 0 spiro atoms. The van der Waals surface area contributed by atoms with Crippen LogP contribution in [0.25, 0.3) is 54.7 Å². The normalized spacial score (nSPS) is 11.0. The first-order valence-corrected chi connectivity index (χ1v) is 11.6. The first-order chi connectivity index (χ1) is 16.3. The van der Waals surface area contributed by atoms with Gasteiger partial charge in [0.2, 0.25) is 0 Å². The van der Waals surface area contributed by atoms with E-state index in [9.17, 15) is 0 Å². The third kappa shape index (κ3) is 3.93. The van der Waals surface area contributed by atoms with E-state index in [1.54, 1.807) is 11.3 Å². The van der Waals surface area contributed by atoms with Gasteiger partial charge in [0, 0.05) is 22.3 Å². The topological polar surface area (TPSA) is 38.7 Å². The Hall–Kier alpha value is -4.15. The van der Waals surface area contributed by atoms with E-state index in [4.69, 9.17) is 15.0 Å². The Bertz CT molecular complexity index is 1480. The summed E-state index contributed by atoms with van der Waals surface area (Å²) in [7, 11) is 0. The van der Waals surface area contributed by atoms with Gasteiger partial charge in [0.25, 0.3) is 0 Å². The van der Waals surface area contributed by atoms with Crippen molar-refractivity contribution < 1.29 is 0 Å². The molecule has 0 saturated heterocycles. The van der Waals surface area contributed by atoms with Crippen molar-refractivity contribution in [3.05, 3.63) is 115 Å². The zero-order valence-electron chi connectivity index (χ0n) is 17.7. The second-order valence-corrected chi connectivity index (χ2v) is 8.79. The molecule has 4 heteroatoms. The highest BCUT2D eigenvalue weighted by molar-refractivity contribution is 7.21. The third-order valence-corrected chi connectivity index (χ3v) is 6.62. The minimum Gasteiger partial charge on any atom is -0.236 e. The van der Waals surface area contributed by atoms with Crippen LogP contribution in [0.3, 0.4) is 0 Å². The summed E-state index contributed by atoms with van der Waals surface area (Å²) >= 11 is 1.71. The Morgan fingerprint density at radius 3 is 1.70 bits per heavy atom. The highest BCUT2D eigenvalue weighted by Gasteiger charge is 2.12. The fraction of sp³-hybridized carbons (Fsp3) is 0. The summed E-state index contributed by atoms with van der Waals surface area (Å²) in [6.45, 7) is 0. The van der Waals surface area contributed by atoms with E-state index in [1.807, 2.05) is 66.7 Å². The molecule has 6 aromatic rings. The van der Waals surface area contributed by atoms with E-state index in [2.05, 4.69) is 48.5 Å². The van der Waals surface area contributed by atoms with Crippen LogP contribution in [0.15, 0.2) is 115 Å². The van der Waals surface area contributed by atoms with E-state index in [0.717, 1.165) is 50.0 Å². The summed E-state index contributed by atoms with van der Waals surface area (Å²) in [5.41, 5.74) is 7.01. The summed E-state index contributed by atoms with van der Waals surface area (Å²) in [6.07, 6.45) is 0. The smallest absolute Gasteiger partial charge is 0.160 e. The SMILES string of the molecule is c1ccc(-c2cc(-c3ccc4sc(-c5ccccc5)nc4c3)nc(-c3ccccc3)n2)cc1. The molecule has 0 aliphatic rings. The van der Waals surface area contributed by atoms with E-state index in [1.165, 1.54) is 4.70 Å². The molecular weight excluding hydrogens is 422 g/mol. The number of hydrogen-bond donors (Lipinski definition) is 0. The molecule has 156 valence electrons. The molecule has 0 N–H and O–H groups in total. The highest BCUT2D eigenvalue weighted by atomic mass is 32.1. The molecule has 0 saturated carbocycles. The molecule has 4 aromatic carbocycles. The maximum atomic E-state index is 4.94. The monoisotopic (exact) mass is 441 g/mol. The van der Waals surface area contributed by atoms with Crippen LogP contribution in [-0.2, 0) is 0 Å². The lowest BCUT2D eigenvalue weighted by Crippen LogP contribution is -1.95. The molecule has 0 amide bonds. The number of nitrogens with zero attached hydrogens (tertiary/aromatic N) is 3. The van der Waals surface area contributed by atoms with Gasteiger partial charge in [0.05, 0.1) is 21.6 Å². The van der Waals surface area contributed by atoms with Crippen molar-refractivity contribution in [2.75, 3.05) is 0 Å². The lowest BCUT2D eigenvalue weighted by atomic mass is 10.1. The van der Waals surface area contributed by atoms with Crippen molar-refractivity contribution in [1.82, 2.24) is 15.0 Å². The maximum Gasteiger partial charge on any atom is 0.160 e. The van der Waals surface area contributed by atoms with Crippen LogP contribution in [0.2, 0.25) is 0 Å². The molecular formula is C29H19N3S. The van der Waals surface area contributed by atoms with Gasteiger partial charge in [-0.25, -0.2) is 15.0 Å². The number of benzene rings is 4. The van der Waals surface area contributed by atoms with Gasteiger partial charge in [-0.15, -0.1) is 11.3 Å². The van der Waals surface area contributed by atoms with Crippen molar-refractivity contribution in [1.29, 1.82) is 0 Å². The molecule has 0 fully saturated rings. The van der Waals surface area contributed by atoms with Crippen LogP contribution < -0.4 is 0 Å². The first kappa shape index (κ1) is 19.5. The Morgan fingerprint density at radius 2 is 1.03 bits per heavy atom. The maximum absolute atomic E-state index is 4.94. The van der Waals surface area contributed by atoms with E-state index in [-0.39, 0.29) is 0 Å². The Kier molecular flexibility index (Phi) is 4.98. The fourth-order valence-corrected chi connectivity index (χ4v) is 4.81. The molecule has 33 heavy (non-hydrogen) atoms. The largest absolute Gasteiger partial charge is 0.236 e. The average Bonchev–Trinajstić information content (AvgIpc) is 3.34. The van der Waals surface area contributed by atoms with Crippen LogP contribution in [0.5, 0.6) is 0 Å². The van der Waals surface area contributed by atoms with Gasteiger partial charge in [-0.1, -0.05) is 97.1 Å². The van der Waals surface area contributed by atoms with E-state index < -0.39 is 0 Å². The average molecular weight is 442 g/mol. The lowest BCUT2D eigenvalue weighted by Gasteiger charge is -2.09. The highest BCUT2D eigenvalue weighted by Crippen LogP contribution is 2.33. The number of rotatable bonds is 4. The van der Waals surface area contributed by atoms with E-state index in [0.29, 0.717) is 0 Å². The third-order valence-electron chi connectivity index (χ3n) is 5.53. The number of aromatic nitrogens is 3. The zero-order valence-corrected chi connectivity index (χ0v) is 18.5. The first-order valence-electron chi connectivity index (χ1n) is 10.8. The standard InChI is InChI=1S/C29H19N3S/c1-4-10-20(11-5-1)24-19-25(31-28(30-24)21-12-6-2-7-13-21)23-16-17-27-26(18-23)32-29(33-27)22-14-8-3-9-15-22/h1-19H. The number of fused-ring (bicyclic) bond motifs is 1. The molecule has 0 aliphatic carbocycles. The van der Waals surface area contributed by atoms with Crippen molar-refractivity contribution in [3.63, 3.8) is 0 Å². The van der Waals surface area contributed by atoms with Crippen LogP contribution in [0, 0.1) is 0 Å². The van der Waals surface area contributed by atoms with Gasteiger partial charge in [-0.05, 0) is 18.2 Å². The second-order valence-electron chi connectivity index (χ2n) is 7.76. The summed E-state index contributed by atoms with van der Waals surface area (Å²) in [6, 6.07) is 39.1. The number of hydrogen-bond acceptors (Lipinski definition) is 4. The van der Waals surface area contributed by atoms with Gasteiger partial charge in [-0.2, -0.15) is 0 Å². The van der Waals surface area contributed by atoms with Crippen molar-refractivity contribution in [3.8, 4) is 44.5 Å². The fourth-order valence-electron chi connectivity index (χ4n) is 3.86. The predicted molar refractivity (Wildman–Crippen MR) is 137 cm³/mol. The Balaban J connectivity index is 1.49. The van der Waals surface area contributed by atoms with Gasteiger partial charge >= 0.3 is 0 Å². The molecule has 0 aliphatic heterocycles. The quantitative estimate of drug-likeness (QED) is 0.281. The molecule has 0 atom stereocenters. The lowest BCUT2D eigenvalue weighted by molar-refractivity contribution is 1.18. The van der Waals surface area contributed by atoms with Crippen molar-refractivity contribution >= 4 is 21.6 Å². The summed E-state index contributed by atoms with van der Waals surface area (Å²) in [4.78, 5) is 14.7. The molecule has 0 unspecified atom stereocenters. The van der Waals surface area contributed by atoms with Crippen LogP contribution in [-0.4, -0.2) is 15.0 Å². The molecule has 3 nitrogen and oxygen atoms in total. The molecule has 0 radical (unpaired) electrons. The summed E-state index contributed by atoms with van der Waals surface area (Å²) in [5.74, 6) is 0.718. The van der Waals surface area contributed by atoms with Crippen molar-refractivity contribution in [2.45, 2.75) is 0 Å². The van der Waals surface area contributed by atoms with Crippen molar-refractivity contribution in [2.24, 2.45) is 0 Å². The van der Waals surface area contributed by atoms with Gasteiger partial charge < -0.3 is 0 Å². The molecule has 2 heterocycles. The minimum atomic E-state index is 0.718. The summed E-state index contributed by atoms with van der Waals surface area (Å²) < 4.78 is 1.17. The van der Waals surface area contributed by atoms with Gasteiger partial charge in [0.1, 0.15) is 5.01 Å². The van der Waals surface area contributed by atoms with Crippen LogP contribution >= 0.6 is 11.3 Å². The predicted octanol–water partition coefficient (Wildman–Crippen LogP) is 7.75. The van der Waals surface area contributed by atoms with E-state index >= 15 is 0 Å². The molecule has 2 aromatic heterocycles. The zero-order chi connectivity index (χ0) is 22.0. The Morgan fingerprint density at radius 1 is 0.455 bits per heavy atom. The second kappa shape index (κ2) is 8.41. The minimum absolute atomic E-state index is 0.718. The summed E-state index contributed by atoms with van der Waals surface area (Å²) in [5, 5.41) is 1.03. The van der Waals surface area contributed by atoms with Crippen LogP contribution in [0.1, 0.15) is 0 Å². The van der Waals surface area contributed by atoms with Gasteiger partial charge in [0.15, 0.2) is 5.82 Å². The van der Waals surface area contributed by atoms with Crippen LogP contribution in [0.4, 0.5) is 0 Å². The molecule has 6 rings (SSSR count).